The monoisotopic (exact) mass is 743 g/mol. The van der Waals surface area contributed by atoms with Crippen LogP contribution in [0.1, 0.15) is 22.3 Å². The molecular weight excluding hydrogens is 717 g/mol. The Morgan fingerprint density at radius 3 is 2.34 bits per heavy atom. The zero-order chi connectivity index (χ0) is 34.7. The lowest BCUT2D eigenvalue weighted by Crippen LogP contribution is -2.42. The lowest BCUT2D eigenvalue weighted by atomic mass is 9.94. The molecule has 2 aromatic rings. The molecule has 1 saturated heterocycles. The van der Waals surface area contributed by atoms with Crippen LogP contribution in [0.2, 0.25) is 10.0 Å². The summed E-state index contributed by atoms with van der Waals surface area (Å²) in [5, 5.41) is 10.2. The zero-order valence-corrected chi connectivity index (χ0v) is 27.7. The highest BCUT2D eigenvalue weighted by Gasteiger charge is 2.43. The van der Waals surface area contributed by atoms with Gasteiger partial charge >= 0.3 is 19.2 Å². The molecule has 1 aromatic heterocycles. The van der Waals surface area contributed by atoms with Crippen LogP contribution in [-0.4, -0.2) is 86.4 Å². The van der Waals surface area contributed by atoms with Crippen molar-refractivity contribution >= 4 is 56.9 Å². The lowest BCUT2D eigenvalue weighted by Gasteiger charge is -2.33. The third-order valence-electron chi connectivity index (χ3n) is 6.95. The Balaban J connectivity index is 1.65. The van der Waals surface area contributed by atoms with Gasteiger partial charge in [-0.2, -0.15) is 26.6 Å². The number of ether oxygens (including phenoxy) is 3. The number of halogens is 6. The number of benzene rings is 1. The number of hydrogen-bond donors (Lipinski definition) is 0. The maximum absolute atomic E-state index is 13.7. The van der Waals surface area contributed by atoms with Crippen molar-refractivity contribution in [3.05, 3.63) is 86.8 Å². The summed E-state index contributed by atoms with van der Waals surface area (Å²) in [4.78, 5) is 27.1. The van der Waals surface area contributed by atoms with Crippen LogP contribution in [0, 0.1) is 5.21 Å². The van der Waals surface area contributed by atoms with Crippen LogP contribution in [-0.2, 0) is 35.4 Å². The minimum atomic E-state index is -4.33. The molecule has 1 fully saturated rings. The van der Waals surface area contributed by atoms with Crippen molar-refractivity contribution in [2.24, 2.45) is 0 Å². The summed E-state index contributed by atoms with van der Waals surface area (Å²) in [6.07, 6.45) is 2.75. The second kappa shape index (κ2) is 15.1. The van der Waals surface area contributed by atoms with Crippen LogP contribution in [0.5, 0.6) is 0 Å². The van der Waals surface area contributed by atoms with Gasteiger partial charge in [0.1, 0.15) is 16.1 Å². The molecule has 47 heavy (non-hydrogen) atoms. The van der Waals surface area contributed by atoms with Crippen molar-refractivity contribution in [1.29, 1.82) is 0 Å². The van der Waals surface area contributed by atoms with Gasteiger partial charge in [0, 0.05) is 50.4 Å². The van der Waals surface area contributed by atoms with Crippen LogP contribution in [0.15, 0.2) is 65.4 Å². The standard InChI is InChI=1S/C28H27Cl2F4N3O8S2/c1-35(2)23(38)17-4-3-5-18(12-17)47(41,42)37-10-11-46-24(37)25(39)43-22(13-19-20(29)14-36(40)15-21(19)30)16-6-8-28(9-7-16,44-26(31)32)45-27(33)34/h3-8,12,14-15,22,24,26-27H,9-11,13H2,1-2H3/t22-,24-/m0/s1. The lowest BCUT2D eigenvalue weighted by molar-refractivity contribution is -0.605. The highest BCUT2D eigenvalue weighted by Crippen LogP contribution is 2.36. The summed E-state index contributed by atoms with van der Waals surface area (Å²) in [5.74, 6) is -3.79. The summed E-state index contributed by atoms with van der Waals surface area (Å²) in [7, 11) is -1.32. The molecular formula is C28H27Cl2F4N3O8S2. The molecule has 1 amide bonds. The number of hydrogen-bond acceptors (Lipinski definition) is 9. The van der Waals surface area contributed by atoms with Crippen LogP contribution in [0.3, 0.4) is 0 Å². The van der Waals surface area contributed by atoms with E-state index in [1.54, 1.807) is 0 Å². The van der Waals surface area contributed by atoms with Crippen molar-refractivity contribution in [2.75, 3.05) is 26.4 Å². The molecule has 0 radical (unpaired) electrons. The Kier molecular flexibility index (Phi) is 11.8. The number of nitrogens with zero attached hydrogens (tertiary/aromatic N) is 3. The van der Waals surface area contributed by atoms with Gasteiger partial charge in [0.15, 0.2) is 17.8 Å². The number of pyridine rings is 1. The number of esters is 1. The molecule has 19 heteroatoms. The Bertz CT molecular complexity index is 1650. The zero-order valence-electron chi connectivity index (χ0n) is 24.5. The van der Waals surface area contributed by atoms with E-state index in [1.165, 1.54) is 49.3 Å². The first kappa shape index (κ1) is 36.9. The Labute approximate surface area is 281 Å². The quantitative estimate of drug-likeness (QED) is 0.101. The largest absolute Gasteiger partial charge is 0.619 e. The molecule has 256 valence electrons. The second-order valence-electron chi connectivity index (χ2n) is 10.3. The number of carbonyl (C=O) groups excluding carboxylic acids is 2. The number of amides is 1. The first-order valence-electron chi connectivity index (χ1n) is 13.6. The number of carbonyl (C=O) groups is 2. The average molecular weight is 745 g/mol. The van der Waals surface area contributed by atoms with Gasteiger partial charge < -0.3 is 14.8 Å². The van der Waals surface area contributed by atoms with E-state index in [0.29, 0.717) is 4.73 Å². The van der Waals surface area contributed by atoms with E-state index in [2.05, 4.69) is 9.47 Å². The highest BCUT2D eigenvalue weighted by atomic mass is 35.5. The third kappa shape index (κ3) is 8.76. The average Bonchev–Trinajstić information content (AvgIpc) is 3.49. The summed E-state index contributed by atoms with van der Waals surface area (Å²) in [5.41, 5.74) is 0.350. The van der Waals surface area contributed by atoms with Crippen molar-refractivity contribution in [1.82, 2.24) is 9.21 Å². The van der Waals surface area contributed by atoms with E-state index < -0.39 is 58.8 Å². The van der Waals surface area contributed by atoms with Crippen LogP contribution in [0.4, 0.5) is 17.6 Å². The van der Waals surface area contributed by atoms with Gasteiger partial charge in [0.25, 0.3) is 5.91 Å². The minimum absolute atomic E-state index is 0.0792. The molecule has 11 nitrogen and oxygen atoms in total. The van der Waals surface area contributed by atoms with Gasteiger partial charge in [-0.3, -0.25) is 14.3 Å². The molecule has 2 atom stereocenters. The Hall–Kier alpha value is -2.93. The van der Waals surface area contributed by atoms with E-state index in [-0.39, 0.29) is 50.4 Å². The van der Waals surface area contributed by atoms with E-state index in [4.69, 9.17) is 27.9 Å². The third-order valence-corrected chi connectivity index (χ3v) is 10.8. The van der Waals surface area contributed by atoms with Gasteiger partial charge in [-0.05, 0) is 29.8 Å². The van der Waals surface area contributed by atoms with Crippen molar-refractivity contribution in [3.8, 4) is 0 Å². The van der Waals surface area contributed by atoms with E-state index in [9.17, 15) is 40.8 Å². The normalized spacial score (nSPS) is 18.8. The molecule has 0 unspecified atom stereocenters. The number of sulfonamides is 1. The number of thioether (sulfide) groups is 1. The van der Waals surface area contributed by atoms with Crippen molar-refractivity contribution < 1.29 is 54.5 Å². The van der Waals surface area contributed by atoms with Crippen molar-refractivity contribution in [3.63, 3.8) is 0 Å². The van der Waals surface area contributed by atoms with Crippen LogP contribution in [0.25, 0.3) is 0 Å². The fraction of sp³-hybridized carbons (Fsp3) is 0.393. The molecule has 2 aliphatic rings. The maximum Gasteiger partial charge on any atom is 0.347 e. The molecule has 1 aliphatic carbocycles. The van der Waals surface area contributed by atoms with Gasteiger partial charge in [-0.25, -0.2) is 13.2 Å². The second-order valence-corrected chi connectivity index (χ2v) is 14.2. The molecule has 0 spiro atoms. The van der Waals surface area contributed by atoms with Crippen LogP contribution < -0.4 is 4.73 Å². The highest BCUT2D eigenvalue weighted by molar-refractivity contribution is 8.02. The molecule has 2 heterocycles. The summed E-state index contributed by atoms with van der Waals surface area (Å²) < 4.78 is 95.3. The summed E-state index contributed by atoms with van der Waals surface area (Å²) in [6.45, 7) is -7.03. The molecule has 0 bridgehead atoms. The van der Waals surface area contributed by atoms with Gasteiger partial charge in [0.05, 0.1) is 4.90 Å². The van der Waals surface area contributed by atoms with E-state index in [1.807, 2.05) is 0 Å². The van der Waals surface area contributed by atoms with Gasteiger partial charge in [-0.15, -0.1) is 11.8 Å². The minimum Gasteiger partial charge on any atom is -0.619 e. The fourth-order valence-corrected chi connectivity index (χ4v) is 8.46. The first-order valence-corrected chi connectivity index (χ1v) is 16.8. The van der Waals surface area contributed by atoms with E-state index in [0.717, 1.165) is 40.6 Å². The number of aromatic nitrogens is 1. The van der Waals surface area contributed by atoms with Crippen molar-refractivity contribution in [2.45, 2.75) is 48.2 Å². The summed E-state index contributed by atoms with van der Waals surface area (Å²) in [6, 6.07) is 5.32. The van der Waals surface area contributed by atoms with Gasteiger partial charge in [0.2, 0.25) is 15.8 Å². The summed E-state index contributed by atoms with van der Waals surface area (Å²) >= 11 is 13.4. The molecule has 1 aliphatic heterocycles. The maximum atomic E-state index is 13.7. The Morgan fingerprint density at radius 1 is 1.15 bits per heavy atom. The SMILES string of the molecule is CN(C)C(=O)c1cccc(S(=O)(=O)N2CCS[C@H]2C(=O)O[C@@H](Cc2c(Cl)c[n+]([O-])cc2Cl)C2=CCC(OC(F)F)(OC(F)F)C=C2)c1. The molecule has 4 rings (SSSR count). The van der Waals surface area contributed by atoms with Crippen LogP contribution >= 0.6 is 35.0 Å². The predicted octanol–water partition coefficient (Wildman–Crippen LogP) is 4.61. The number of alkyl halides is 4. The Morgan fingerprint density at radius 2 is 1.79 bits per heavy atom. The van der Waals surface area contributed by atoms with E-state index >= 15 is 0 Å². The van der Waals surface area contributed by atoms with Gasteiger partial charge in [-0.1, -0.05) is 41.4 Å². The fourth-order valence-electron chi connectivity index (χ4n) is 4.77. The molecule has 0 N–H and O–H groups in total. The molecule has 0 saturated carbocycles. The topological polar surface area (TPSA) is 129 Å². The molecule has 1 aromatic carbocycles. The predicted molar refractivity (Wildman–Crippen MR) is 162 cm³/mol. The smallest absolute Gasteiger partial charge is 0.347 e. The first-order chi connectivity index (χ1) is 22.0. The number of rotatable bonds is 12.